The van der Waals surface area contributed by atoms with Crippen LogP contribution in [0.2, 0.25) is 0 Å². The molecule has 0 aliphatic carbocycles. The molecule has 0 spiro atoms. The first kappa shape index (κ1) is 21.7. The molecule has 170 valence electrons. The molecule has 3 aromatic rings. The molecule has 2 fully saturated rings. The fourth-order valence-corrected chi connectivity index (χ4v) is 5.04. The van der Waals surface area contributed by atoms with Crippen LogP contribution in [0.25, 0.3) is 21.5 Å². The van der Waals surface area contributed by atoms with Crippen molar-refractivity contribution in [2.45, 2.75) is 45.0 Å². The van der Waals surface area contributed by atoms with Crippen molar-refractivity contribution in [3.63, 3.8) is 0 Å². The molecule has 6 heteroatoms. The third kappa shape index (κ3) is 4.00. The van der Waals surface area contributed by atoms with E-state index in [0.29, 0.717) is 29.9 Å². The zero-order valence-corrected chi connectivity index (χ0v) is 18.1. The highest BCUT2D eigenvalue weighted by Gasteiger charge is 2.33. The first-order valence-corrected chi connectivity index (χ1v) is 11.4. The maximum absolute atomic E-state index is 14.1. The summed E-state index contributed by atoms with van der Waals surface area (Å²) in [5.74, 6) is -2.92. The van der Waals surface area contributed by atoms with Gasteiger partial charge >= 0.3 is 0 Å². The summed E-state index contributed by atoms with van der Waals surface area (Å²) in [4.78, 5) is 0. The monoisotopic (exact) mass is 444 g/mol. The van der Waals surface area contributed by atoms with Gasteiger partial charge < -0.3 is 14.2 Å². The van der Waals surface area contributed by atoms with E-state index in [1.165, 1.54) is 25.3 Å². The average Bonchev–Trinajstić information content (AvgIpc) is 2.83. The third-order valence-electron chi connectivity index (χ3n) is 6.82. The standard InChI is InChI=1S/C26H27F3O3/c1-2-3-15-4-9-23(30-12-15)18-13-31-26(32-14-18)17-6-7-19-16(10-17)5-8-20-21(19)11-22(27)25(29)24(20)28/h5-8,10-11,15,18,23,26H,2-4,9,12-14H2,1H3. The minimum Gasteiger partial charge on any atom is -0.377 e. The van der Waals surface area contributed by atoms with Gasteiger partial charge in [0.1, 0.15) is 0 Å². The Morgan fingerprint density at radius 3 is 2.31 bits per heavy atom. The maximum atomic E-state index is 14.1. The molecule has 3 nitrogen and oxygen atoms in total. The third-order valence-corrected chi connectivity index (χ3v) is 6.82. The topological polar surface area (TPSA) is 27.7 Å². The molecule has 2 aliphatic heterocycles. The van der Waals surface area contributed by atoms with Gasteiger partial charge in [0.25, 0.3) is 0 Å². The van der Waals surface area contributed by atoms with Gasteiger partial charge in [0, 0.05) is 23.5 Å². The van der Waals surface area contributed by atoms with Crippen LogP contribution in [0, 0.1) is 29.3 Å². The van der Waals surface area contributed by atoms with E-state index in [2.05, 4.69) is 6.92 Å². The summed E-state index contributed by atoms with van der Waals surface area (Å²) in [5.41, 5.74) is 0.839. The van der Waals surface area contributed by atoms with Crippen LogP contribution in [-0.2, 0) is 14.2 Å². The predicted molar refractivity (Wildman–Crippen MR) is 117 cm³/mol. The van der Waals surface area contributed by atoms with Gasteiger partial charge in [-0.25, -0.2) is 13.2 Å². The van der Waals surface area contributed by atoms with Crippen molar-refractivity contribution < 1.29 is 27.4 Å². The highest BCUT2D eigenvalue weighted by molar-refractivity contribution is 6.07. The number of hydrogen-bond acceptors (Lipinski definition) is 3. The molecule has 3 aromatic carbocycles. The molecule has 0 radical (unpaired) electrons. The molecule has 0 saturated carbocycles. The van der Waals surface area contributed by atoms with Crippen LogP contribution in [0.3, 0.4) is 0 Å². The van der Waals surface area contributed by atoms with Crippen LogP contribution in [-0.4, -0.2) is 25.9 Å². The average molecular weight is 444 g/mol. The Labute approximate surface area is 185 Å². The maximum Gasteiger partial charge on any atom is 0.195 e. The van der Waals surface area contributed by atoms with Crippen molar-refractivity contribution in [3.05, 3.63) is 59.4 Å². The molecule has 5 rings (SSSR count). The van der Waals surface area contributed by atoms with Gasteiger partial charge in [-0.3, -0.25) is 0 Å². The van der Waals surface area contributed by atoms with E-state index in [4.69, 9.17) is 14.2 Å². The molecular weight excluding hydrogens is 417 g/mol. The molecule has 2 heterocycles. The number of fused-ring (bicyclic) bond motifs is 3. The highest BCUT2D eigenvalue weighted by Crippen LogP contribution is 2.35. The van der Waals surface area contributed by atoms with E-state index in [1.807, 2.05) is 12.1 Å². The summed E-state index contributed by atoms with van der Waals surface area (Å²) in [7, 11) is 0. The zero-order chi connectivity index (χ0) is 22.2. The molecule has 32 heavy (non-hydrogen) atoms. The zero-order valence-electron chi connectivity index (χ0n) is 18.1. The molecule has 0 bridgehead atoms. The van der Waals surface area contributed by atoms with Gasteiger partial charge in [-0.2, -0.15) is 0 Å². The first-order valence-electron chi connectivity index (χ1n) is 11.4. The van der Waals surface area contributed by atoms with Crippen LogP contribution >= 0.6 is 0 Å². The molecule has 2 saturated heterocycles. The van der Waals surface area contributed by atoms with Crippen LogP contribution in [0.15, 0.2) is 36.4 Å². The Morgan fingerprint density at radius 1 is 0.812 bits per heavy atom. The molecule has 0 aromatic heterocycles. The SMILES string of the molecule is CCCC1CCC(C2COC(c3ccc4c(ccc5c(F)c(F)c(F)cc54)c3)OC2)OC1. The van der Waals surface area contributed by atoms with Crippen LogP contribution < -0.4 is 0 Å². The second-order valence-corrected chi connectivity index (χ2v) is 8.99. The van der Waals surface area contributed by atoms with Gasteiger partial charge in [-0.1, -0.05) is 37.6 Å². The van der Waals surface area contributed by atoms with E-state index in [1.54, 1.807) is 12.1 Å². The Balaban J connectivity index is 1.30. The Morgan fingerprint density at radius 2 is 1.59 bits per heavy atom. The number of rotatable bonds is 4. The molecule has 2 aliphatic rings. The lowest BCUT2D eigenvalue weighted by Gasteiger charge is -2.37. The van der Waals surface area contributed by atoms with Crippen molar-refractivity contribution in [3.8, 4) is 0 Å². The number of hydrogen-bond donors (Lipinski definition) is 0. The van der Waals surface area contributed by atoms with E-state index in [9.17, 15) is 13.2 Å². The second-order valence-electron chi connectivity index (χ2n) is 8.99. The van der Waals surface area contributed by atoms with E-state index in [-0.39, 0.29) is 17.4 Å². The number of ether oxygens (including phenoxy) is 3. The summed E-state index contributed by atoms with van der Waals surface area (Å²) in [6, 6.07) is 9.73. The van der Waals surface area contributed by atoms with Crippen molar-refractivity contribution in [2.75, 3.05) is 19.8 Å². The second kappa shape index (κ2) is 9.00. The van der Waals surface area contributed by atoms with Gasteiger partial charge in [0.15, 0.2) is 23.7 Å². The van der Waals surface area contributed by atoms with Gasteiger partial charge in [0.05, 0.1) is 19.3 Å². The van der Waals surface area contributed by atoms with E-state index < -0.39 is 23.7 Å². The smallest absolute Gasteiger partial charge is 0.195 e. The van der Waals surface area contributed by atoms with Crippen LogP contribution in [0.5, 0.6) is 0 Å². The Hall–Kier alpha value is -2.15. The largest absolute Gasteiger partial charge is 0.377 e. The molecule has 0 amide bonds. The molecule has 2 atom stereocenters. The summed E-state index contributed by atoms with van der Waals surface area (Å²) in [6.45, 7) is 4.17. The van der Waals surface area contributed by atoms with Crippen molar-refractivity contribution in [2.24, 2.45) is 11.8 Å². The minimum atomic E-state index is -1.45. The minimum absolute atomic E-state index is 0.0609. The van der Waals surface area contributed by atoms with Crippen molar-refractivity contribution in [1.29, 1.82) is 0 Å². The fraction of sp³-hybridized carbons (Fsp3) is 0.462. The van der Waals surface area contributed by atoms with Crippen LogP contribution in [0.4, 0.5) is 13.2 Å². The first-order chi connectivity index (χ1) is 15.5. The predicted octanol–water partition coefficient (Wildman–Crippen LogP) is 6.67. The summed E-state index contributed by atoms with van der Waals surface area (Å²) in [6.07, 6.45) is 4.34. The molecular formula is C26H27F3O3. The van der Waals surface area contributed by atoms with Gasteiger partial charge in [-0.05, 0) is 53.5 Å². The lowest BCUT2D eigenvalue weighted by atomic mass is 9.89. The molecule has 2 unspecified atom stereocenters. The Kier molecular flexibility index (Phi) is 6.10. The van der Waals surface area contributed by atoms with E-state index >= 15 is 0 Å². The van der Waals surface area contributed by atoms with Gasteiger partial charge in [-0.15, -0.1) is 0 Å². The molecule has 0 N–H and O–H groups in total. The summed E-state index contributed by atoms with van der Waals surface area (Å²) >= 11 is 0. The summed E-state index contributed by atoms with van der Waals surface area (Å²) < 4.78 is 59.7. The number of halogens is 3. The lowest BCUT2D eigenvalue weighted by Crippen LogP contribution is -2.40. The van der Waals surface area contributed by atoms with E-state index in [0.717, 1.165) is 30.0 Å². The van der Waals surface area contributed by atoms with Gasteiger partial charge in [0.2, 0.25) is 0 Å². The highest BCUT2D eigenvalue weighted by atomic mass is 19.2. The summed E-state index contributed by atoms with van der Waals surface area (Å²) in [5, 5.41) is 1.83. The quantitative estimate of drug-likeness (QED) is 0.332. The number of benzene rings is 3. The van der Waals surface area contributed by atoms with Crippen molar-refractivity contribution >= 4 is 21.5 Å². The normalized spacial score (nSPS) is 26.6. The lowest BCUT2D eigenvalue weighted by molar-refractivity contribution is -0.227. The Bertz CT molecular complexity index is 1120. The van der Waals surface area contributed by atoms with Crippen molar-refractivity contribution in [1.82, 2.24) is 0 Å². The fourth-order valence-electron chi connectivity index (χ4n) is 5.04. The van der Waals surface area contributed by atoms with Crippen LogP contribution in [0.1, 0.15) is 44.5 Å².